The van der Waals surface area contributed by atoms with Gasteiger partial charge in [0.05, 0.1) is 4.34 Å². The molecule has 0 unspecified atom stereocenters. The Morgan fingerprint density at radius 3 is 2.50 bits per heavy atom. The summed E-state index contributed by atoms with van der Waals surface area (Å²) < 4.78 is 2.72. The van der Waals surface area contributed by atoms with Crippen molar-refractivity contribution in [3.63, 3.8) is 0 Å². The van der Waals surface area contributed by atoms with Crippen LogP contribution in [0.3, 0.4) is 0 Å². The third-order valence-electron chi connectivity index (χ3n) is 2.95. The first-order valence-corrected chi connectivity index (χ1v) is 7.69. The summed E-state index contributed by atoms with van der Waals surface area (Å²) in [5, 5.41) is 8.54. The fraction of sp³-hybridized carbons (Fsp3) is 0.143. The van der Waals surface area contributed by atoms with Gasteiger partial charge in [-0.3, -0.25) is 4.57 Å². The Morgan fingerprint density at radius 1 is 1.00 bits per heavy atom. The van der Waals surface area contributed by atoms with Crippen LogP contribution in [0.4, 0.5) is 0 Å². The van der Waals surface area contributed by atoms with Crippen molar-refractivity contribution >= 4 is 34.5 Å². The summed E-state index contributed by atoms with van der Waals surface area (Å²) in [6, 6.07) is 13.9. The standard InChI is InChI=1S/C14H11Cl2N3S/c15-12-7-6-11(20-12)8-9-19-13(17-18-14(19)16)10-4-2-1-3-5-10/h1-7H,8-9H2. The third kappa shape index (κ3) is 2.87. The van der Waals surface area contributed by atoms with Crippen molar-refractivity contribution in [3.8, 4) is 11.4 Å². The molecule has 0 bridgehead atoms. The Hall–Kier alpha value is -1.36. The molecule has 0 saturated heterocycles. The monoisotopic (exact) mass is 323 g/mol. The summed E-state index contributed by atoms with van der Waals surface area (Å²) in [7, 11) is 0. The molecule has 0 spiro atoms. The number of halogens is 2. The summed E-state index contributed by atoms with van der Waals surface area (Å²) >= 11 is 13.7. The van der Waals surface area contributed by atoms with E-state index in [9.17, 15) is 0 Å². The Labute approximate surface area is 130 Å². The van der Waals surface area contributed by atoms with Crippen LogP contribution in [0.25, 0.3) is 11.4 Å². The van der Waals surface area contributed by atoms with Crippen LogP contribution in [0, 0.1) is 0 Å². The lowest BCUT2D eigenvalue weighted by Crippen LogP contribution is -2.03. The van der Waals surface area contributed by atoms with Gasteiger partial charge in [-0.15, -0.1) is 21.5 Å². The van der Waals surface area contributed by atoms with Gasteiger partial charge in [0.15, 0.2) is 5.82 Å². The zero-order valence-electron chi connectivity index (χ0n) is 10.5. The largest absolute Gasteiger partial charge is 0.297 e. The molecule has 2 aromatic heterocycles. The van der Waals surface area contributed by atoms with Crippen LogP contribution in [0.1, 0.15) is 4.88 Å². The molecule has 0 amide bonds. The molecule has 2 heterocycles. The Kier molecular flexibility index (Phi) is 4.05. The number of nitrogens with zero attached hydrogens (tertiary/aromatic N) is 3. The highest BCUT2D eigenvalue weighted by atomic mass is 35.5. The molecule has 3 rings (SSSR count). The maximum atomic E-state index is 6.13. The van der Waals surface area contributed by atoms with E-state index in [0.29, 0.717) is 5.28 Å². The SMILES string of the molecule is Clc1ccc(CCn2c(Cl)nnc2-c2ccccc2)s1. The van der Waals surface area contributed by atoms with Crippen molar-refractivity contribution in [3.05, 3.63) is 57.0 Å². The van der Waals surface area contributed by atoms with Gasteiger partial charge in [0.1, 0.15) is 0 Å². The van der Waals surface area contributed by atoms with Crippen molar-refractivity contribution in [2.24, 2.45) is 0 Å². The molecule has 102 valence electrons. The number of benzene rings is 1. The highest BCUT2D eigenvalue weighted by Gasteiger charge is 2.12. The van der Waals surface area contributed by atoms with Gasteiger partial charge in [-0.2, -0.15) is 0 Å². The fourth-order valence-electron chi connectivity index (χ4n) is 1.99. The predicted molar refractivity (Wildman–Crippen MR) is 83.5 cm³/mol. The van der Waals surface area contributed by atoms with Gasteiger partial charge in [0.25, 0.3) is 0 Å². The first-order chi connectivity index (χ1) is 9.74. The lowest BCUT2D eigenvalue weighted by molar-refractivity contribution is 0.707. The molecular formula is C14H11Cl2N3S. The van der Waals surface area contributed by atoms with Crippen LogP contribution in [0.2, 0.25) is 9.62 Å². The number of aromatic nitrogens is 3. The van der Waals surface area contributed by atoms with Gasteiger partial charge < -0.3 is 0 Å². The van der Waals surface area contributed by atoms with Crippen molar-refractivity contribution in [2.45, 2.75) is 13.0 Å². The highest BCUT2D eigenvalue weighted by molar-refractivity contribution is 7.16. The fourth-order valence-corrected chi connectivity index (χ4v) is 3.27. The summed E-state index contributed by atoms with van der Waals surface area (Å²) in [6.07, 6.45) is 0.856. The van der Waals surface area contributed by atoms with E-state index in [0.717, 1.165) is 28.7 Å². The number of hydrogen-bond donors (Lipinski definition) is 0. The van der Waals surface area contributed by atoms with E-state index in [1.165, 1.54) is 4.88 Å². The minimum Gasteiger partial charge on any atom is -0.297 e. The average Bonchev–Trinajstić information content (AvgIpc) is 3.04. The molecule has 0 atom stereocenters. The molecule has 3 nitrogen and oxygen atoms in total. The maximum Gasteiger partial charge on any atom is 0.225 e. The first-order valence-electron chi connectivity index (χ1n) is 6.12. The van der Waals surface area contributed by atoms with Crippen LogP contribution in [0.15, 0.2) is 42.5 Å². The second-order valence-electron chi connectivity index (χ2n) is 4.27. The molecule has 0 radical (unpaired) electrons. The summed E-state index contributed by atoms with van der Waals surface area (Å²) in [6.45, 7) is 0.729. The van der Waals surface area contributed by atoms with Crippen molar-refractivity contribution in [1.82, 2.24) is 14.8 Å². The predicted octanol–water partition coefficient (Wildman–Crippen LogP) is 4.56. The second kappa shape index (κ2) is 5.95. The van der Waals surface area contributed by atoms with Crippen LogP contribution >= 0.6 is 34.5 Å². The van der Waals surface area contributed by atoms with E-state index >= 15 is 0 Å². The Balaban J connectivity index is 1.84. The summed E-state index contributed by atoms with van der Waals surface area (Å²) in [5.74, 6) is 0.790. The van der Waals surface area contributed by atoms with Gasteiger partial charge in [-0.1, -0.05) is 41.9 Å². The first kappa shape index (κ1) is 13.6. The Bertz CT molecular complexity index is 706. The molecule has 0 aliphatic rings. The van der Waals surface area contributed by atoms with Crippen molar-refractivity contribution in [2.75, 3.05) is 0 Å². The van der Waals surface area contributed by atoms with Gasteiger partial charge in [-0.25, -0.2) is 0 Å². The van der Waals surface area contributed by atoms with E-state index in [1.807, 2.05) is 47.0 Å². The van der Waals surface area contributed by atoms with Crippen LogP contribution in [0.5, 0.6) is 0 Å². The molecule has 0 fully saturated rings. The quantitative estimate of drug-likeness (QED) is 0.704. The highest BCUT2D eigenvalue weighted by Crippen LogP contribution is 2.24. The molecule has 20 heavy (non-hydrogen) atoms. The van der Waals surface area contributed by atoms with Gasteiger partial charge in [0, 0.05) is 17.0 Å². The normalized spacial score (nSPS) is 10.9. The number of rotatable bonds is 4. The minimum absolute atomic E-state index is 0.409. The summed E-state index contributed by atoms with van der Waals surface area (Å²) in [5.41, 5.74) is 1.01. The van der Waals surface area contributed by atoms with Gasteiger partial charge in [0.2, 0.25) is 5.28 Å². The molecule has 3 aromatic rings. The van der Waals surface area contributed by atoms with E-state index in [-0.39, 0.29) is 0 Å². The van der Waals surface area contributed by atoms with Crippen molar-refractivity contribution in [1.29, 1.82) is 0 Å². The lowest BCUT2D eigenvalue weighted by atomic mass is 10.2. The lowest BCUT2D eigenvalue weighted by Gasteiger charge is -2.06. The maximum absolute atomic E-state index is 6.13. The molecule has 1 aromatic carbocycles. The summed E-state index contributed by atoms with van der Waals surface area (Å²) in [4.78, 5) is 1.22. The average molecular weight is 324 g/mol. The number of thiophene rings is 1. The molecule has 6 heteroatoms. The van der Waals surface area contributed by atoms with Gasteiger partial charge in [-0.05, 0) is 30.2 Å². The molecule has 0 N–H and O–H groups in total. The van der Waals surface area contributed by atoms with Crippen LogP contribution in [-0.2, 0) is 13.0 Å². The smallest absolute Gasteiger partial charge is 0.225 e. The van der Waals surface area contributed by atoms with Crippen LogP contribution in [-0.4, -0.2) is 14.8 Å². The third-order valence-corrected chi connectivity index (χ3v) is 4.52. The zero-order valence-corrected chi connectivity index (χ0v) is 12.8. The van der Waals surface area contributed by atoms with E-state index in [1.54, 1.807) is 11.3 Å². The molecule has 0 aliphatic carbocycles. The minimum atomic E-state index is 0.409. The molecule has 0 saturated carbocycles. The number of hydrogen-bond acceptors (Lipinski definition) is 3. The van der Waals surface area contributed by atoms with E-state index < -0.39 is 0 Å². The van der Waals surface area contributed by atoms with E-state index in [4.69, 9.17) is 23.2 Å². The van der Waals surface area contributed by atoms with Crippen molar-refractivity contribution < 1.29 is 0 Å². The topological polar surface area (TPSA) is 30.7 Å². The molecular weight excluding hydrogens is 313 g/mol. The number of aryl methyl sites for hydroxylation is 1. The van der Waals surface area contributed by atoms with Gasteiger partial charge >= 0.3 is 0 Å². The zero-order chi connectivity index (χ0) is 13.9. The Morgan fingerprint density at radius 2 is 1.80 bits per heavy atom. The second-order valence-corrected chi connectivity index (χ2v) is 6.40. The molecule has 0 aliphatic heterocycles. The van der Waals surface area contributed by atoms with E-state index in [2.05, 4.69) is 10.2 Å². The van der Waals surface area contributed by atoms with Crippen LogP contribution < -0.4 is 0 Å².